The fourth-order valence-corrected chi connectivity index (χ4v) is 2.21. The summed E-state index contributed by atoms with van der Waals surface area (Å²) in [5, 5.41) is 0. The molecule has 0 aliphatic heterocycles. The number of ether oxygens (including phenoxy) is 1. The molecule has 5 heteroatoms. The van der Waals surface area contributed by atoms with Crippen LogP contribution in [-0.2, 0) is 17.6 Å². The summed E-state index contributed by atoms with van der Waals surface area (Å²) in [6, 6.07) is 10.0. The quantitative estimate of drug-likeness (QED) is 0.853. The van der Waals surface area contributed by atoms with E-state index in [1.807, 2.05) is 30.3 Å². The average molecular weight is 285 g/mol. The van der Waals surface area contributed by atoms with Gasteiger partial charge in [-0.05, 0) is 32.3 Å². The van der Waals surface area contributed by atoms with Gasteiger partial charge in [0.25, 0.3) is 0 Å². The summed E-state index contributed by atoms with van der Waals surface area (Å²) in [4.78, 5) is 20.3. The zero-order chi connectivity index (χ0) is 15.2. The van der Waals surface area contributed by atoms with Crippen molar-refractivity contribution in [3.05, 3.63) is 52.8 Å². The number of aryl methyl sites for hydroxylation is 3. The molecule has 0 spiro atoms. The molecule has 0 saturated carbocycles. The summed E-state index contributed by atoms with van der Waals surface area (Å²) in [7, 11) is 0. The molecule has 2 N–H and O–H groups in total. The Labute approximate surface area is 124 Å². The Morgan fingerprint density at radius 3 is 2.57 bits per heavy atom. The fraction of sp³-hybridized carbons (Fsp3) is 0.312. The smallest absolute Gasteiger partial charge is 0.341 e. The van der Waals surface area contributed by atoms with Crippen LogP contribution < -0.4 is 5.73 Å². The van der Waals surface area contributed by atoms with Gasteiger partial charge >= 0.3 is 5.97 Å². The zero-order valence-corrected chi connectivity index (χ0v) is 12.3. The van der Waals surface area contributed by atoms with Crippen LogP contribution in [0.25, 0.3) is 0 Å². The Morgan fingerprint density at radius 2 is 1.90 bits per heavy atom. The second-order valence-corrected chi connectivity index (χ2v) is 4.69. The first-order valence-electron chi connectivity index (χ1n) is 6.95. The number of esters is 1. The van der Waals surface area contributed by atoms with Crippen molar-refractivity contribution in [1.29, 1.82) is 0 Å². The molecule has 21 heavy (non-hydrogen) atoms. The third-order valence-electron chi connectivity index (χ3n) is 3.16. The summed E-state index contributed by atoms with van der Waals surface area (Å²) in [5.74, 6) is -0.207. The summed E-state index contributed by atoms with van der Waals surface area (Å²) < 4.78 is 5.08. The molecule has 0 saturated heterocycles. The highest BCUT2D eigenvalue weighted by molar-refractivity contribution is 5.91. The molecule has 5 nitrogen and oxygen atoms in total. The summed E-state index contributed by atoms with van der Waals surface area (Å²) >= 11 is 0. The molecule has 0 amide bonds. The van der Waals surface area contributed by atoms with Crippen molar-refractivity contribution in [3.8, 4) is 0 Å². The normalized spacial score (nSPS) is 10.4. The number of carbonyl (C=O) groups is 1. The second-order valence-electron chi connectivity index (χ2n) is 4.69. The minimum Gasteiger partial charge on any atom is -0.462 e. The number of nitrogen functional groups attached to an aromatic ring is 1. The topological polar surface area (TPSA) is 78.1 Å². The van der Waals surface area contributed by atoms with Gasteiger partial charge in [0.15, 0.2) is 0 Å². The largest absolute Gasteiger partial charge is 0.462 e. The van der Waals surface area contributed by atoms with E-state index in [-0.39, 0.29) is 5.95 Å². The number of nitrogens with zero attached hydrogens (tertiary/aromatic N) is 2. The molecular weight excluding hydrogens is 266 g/mol. The van der Waals surface area contributed by atoms with Gasteiger partial charge in [-0.1, -0.05) is 30.3 Å². The van der Waals surface area contributed by atoms with Crippen LogP contribution in [0.3, 0.4) is 0 Å². The Hall–Kier alpha value is -2.43. The van der Waals surface area contributed by atoms with Gasteiger partial charge in [0.1, 0.15) is 5.56 Å². The summed E-state index contributed by atoms with van der Waals surface area (Å²) in [5.41, 5.74) is 8.51. The van der Waals surface area contributed by atoms with Crippen LogP contribution in [0.4, 0.5) is 5.95 Å². The van der Waals surface area contributed by atoms with E-state index in [1.165, 1.54) is 5.56 Å². The molecule has 0 atom stereocenters. The van der Waals surface area contributed by atoms with E-state index in [4.69, 9.17) is 10.5 Å². The minimum absolute atomic E-state index is 0.184. The number of hydrogen-bond donors (Lipinski definition) is 1. The van der Waals surface area contributed by atoms with Crippen LogP contribution in [0.1, 0.15) is 34.2 Å². The number of nitrogens with two attached hydrogens (primary N) is 1. The maximum absolute atomic E-state index is 12.1. The number of anilines is 1. The van der Waals surface area contributed by atoms with Gasteiger partial charge in [-0.25, -0.2) is 14.8 Å². The van der Waals surface area contributed by atoms with Gasteiger partial charge in [-0.15, -0.1) is 0 Å². The Balaban J connectivity index is 2.26. The van der Waals surface area contributed by atoms with E-state index in [0.717, 1.165) is 6.42 Å². The molecule has 110 valence electrons. The molecular formula is C16H19N3O2. The van der Waals surface area contributed by atoms with E-state index in [9.17, 15) is 4.79 Å². The SMILES string of the molecule is CCOC(=O)c1c(C)nc(N)nc1CCc1ccccc1. The predicted molar refractivity (Wildman–Crippen MR) is 81.0 cm³/mol. The minimum atomic E-state index is -0.391. The van der Waals surface area contributed by atoms with Crippen molar-refractivity contribution in [1.82, 2.24) is 9.97 Å². The molecule has 0 radical (unpaired) electrons. The lowest BCUT2D eigenvalue weighted by Gasteiger charge is -2.11. The van der Waals surface area contributed by atoms with Gasteiger partial charge in [-0.3, -0.25) is 0 Å². The lowest BCUT2D eigenvalue weighted by molar-refractivity contribution is 0.0523. The Kier molecular flexibility index (Phi) is 4.87. The highest BCUT2D eigenvalue weighted by atomic mass is 16.5. The van der Waals surface area contributed by atoms with Crippen molar-refractivity contribution in [2.75, 3.05) is 12.3 Å². The first-order valence-corrected chi connectivity index (χ1v) is 6.95. The maximum atomic E-state index is 12.1. The Morgan fingerprint density at radius 1 is 1.19 bits per heavy atom. The molecule has 1 aromatic carbocycles. The molecule has 2 rings (SSSR count). The van der Waals surface area contributed by atoms with E-state index >= 15 is 0 Å². The van der Waals surface area contributed by atoms with Crippen molar-refractivity contribution < 1.29 is 9.53 Å². The molecule has 0 aliphatic carbocycles. The maximum Gasteiger partial charge on any atom is 0.341 e. The molecule has 1 aromatic heterocycles. The van der Waals surface area contributed by atoms with Crippen LogP contribution in [0.2, 0.25) is 0 Å². The summed E-state index contributed by atoms with van der Waals surface area (Å²) in [6.45, 7) is 3.84. The molecule has 0 unspecified atom stereocenters. The molecule has 2 aromatic rings. The fourth-order valence-electron chi connectivity index (χ4n) is 2.21. The van der Waals surface area contributed by atoms with Gasteiger partial charge in [0, 0.05) is 0 Å². The number of hydrogen-bond acceptors (Lipinski definition) is 5. The molecule has 0 bridgehead atoms. The van der Waals surface area contributed by atoms with Crippen molar-refractivity contribution in [2.24, 2.45) is 0 Å². The first kappa shape index (κ1) is 15.0. The van der Waals surface area contributed by atoms with E-state index in [0.29, 0.717) is 30.0 Å². The number of benzene rings is 1. The third-order valence-corrected chi connectivity index (χ3v) is 3.16. The first-order chi connectivity index (χ1) is 10.1. The lowest BCUT2D eigenvalue weighted by atomic mass is 10.0. The zero-order valence-electron chi connectivity index (χ0n) is 12.3. The Bertz CT molecular complexity index is 627. The van der Waals surface area contributed by atoms with Crippen molar-refractivity contribution in [3.63, 3.8) is 0 Å². The summed E-state index contributed by atoms with van der Waals surface area (Å²) in [6.07, 6.45) is 1.40. The van der Waals surface area contributed by atoms with E-state index in [1.54, 1.807) is 13.8 Å². The predicted octanol–water partition coefficient (Wildman–Crippen LogP) is 2.33. The van der Waals surface area contributed by atoms with E-state index in [2.05, 4.69) is 9.97 Å². The lowest BCUT2D eigenvalue weighted by Crippen LogP contribution is -2.15. The van der Waals surface area contributed by atoms with Crippen LogP contribution in [0.15, 0.2) is 30.3 Å². The van der Waals surface area contributed by atoms with Crippen molar-refractivity contribution >= 4 is 11.9 Å². The van der Waals surface area contributed by atoms with Gasteiger partial charge in [-0.2, -0.15) is 0 Å². The van der Waals surface area contributed by atoms with Crippen LogP contribution >= 0.6 is 0 Å². The molecule has 0 aliphatic rings. The third kappa shape index (κ3) is 3.78. The highest BCUT2D eigenvalue weighted by Crippen LogP contribution is 2.16. The van der Waals surface area contributed by atoms with Crippen LogP contribution in [0.5, 0.6) is 0 Å². The average Bonchev–Trinajstić information content (AvgIpc) is 2.45. The molecule has 1 heterocycles. The number of aromatic nitrogens is 2. The van der Waals surface area contributed by atoms with Gasteiger partial charge in [0.05, 0.1) is 18.0 Å². The highest BCUT2D eigenvalue weighted by Gasteiger charge is 2.19. The number of rotatable bonds is 5. The number of carbonyl (C=O) groups excluding carboxylic acids is 1. The molecule has 0 fully saturated rings. The van der Waals surface area contributed by atoms with Crippen LogP contribution in [-0.4, -0.2) is 22.5 Å². The van der Waals surface area contributed by atoms with Gasteiger partial charge in [0.2, 0.25) is 5.95 Å². The monoisotopic (exact) mass is 285 g/mol. The van der Waals surface area contributed by atoms with Crippen LogP contribution in [0, 0.1) is 6.92 Å². The second kappa shape index (κ2) is 6.83. The van der Waals surface area contributed by atoms with Crippen molar-refractivity contribution in [2.45, 2.75) is 26.7 Å². The van der Waals surface area contributed by atoms with Gasteiger partial charge < -0.3 is 10.5 Å². The standard InChI is InChI=1S/C16H19N3O2/c1-3-21-15(20)14-11(2)18-16(17)19-13(14)10-9-12-7-5-4-6-8-12/h4-8H,3,9-10H2,1-2H3,(H2,17,18,19). The van der Waals surface area contributed by atoms with E-state index < -0.39 is 5.97 Å².